The molecule has 4 rings (SSSR count). The van der Waals surface area contributed by atoms with Gasteiger partial charge in [0.2, 0.25) is 0 Å². The second-order valence-electron chi connectivity index (χ2n) is 5.89. The predicted octanol–water partition coefficient (Wildman–Crippen LogP) is 5.35. The highest BCUT2D eigenvalue weighted by molar-refractivity contribution is 6.08. The molecule has 3 aromatic carbocycles. The lowest BCUT2D eigenvalue weighted by molar-refractivity contribution is -0.384. The lowest BCUT2D eigenvalue weighted by atomic mass is 10.0. The molecule has 0 amide bonds. The molecule has 1 heterocycles. The molecular formula is C21H14N2O3. The third kappa shape index (κ3) is 2.75. The Bertz CT molecular complexity index is 1160. The number of aliphatic hydroxyl groups is 1. The van der Waals surface area contributed by atoms with Crippen molar-refractivity contribution in [2.45, 2.75) is 0 Å². The number of hydrogen-bond acceptors (Lipinski definition) is 4. The summed E-state index contributed by atoms with van der Waals surface area (Å²) in [4.78, 5) is 15.0. The summed E-state index contributed by atoms with van der Waals surface area (Å²) in [5.74, 6) is 0.00725. The van der Waals surface area contributed by atoms with Gasteiger partial charge in [0.1, 0.15) is 5.76 Å². The molecule has 0 aliphatic rings. The number of aliphatic hydroxyl groups excluding tert-OH is 1. The Balaban J connectivity index is 1.87. The first-order valence-corrected chi connectivity index (χ1v) is 8.06. The maximum atomic E-state index is 10.8. The first-order chi connectivity index (χ1) is 12.6. The zero-order valence-corrected chi connectivity index (χ0v) is 13.7. The van der Waals surface area contributed by atoms with Crippen LogP contribution in [0.3, 0.4) is 0 Å². The molecule has 5 nitrogen and oxygen atoms in total. The number of rotatable bonds is 3. The van der Waals surface area contributed by atoms with Crippen molar-refractivity contribution in [3.8, 4) is 0 Å². The maximum absolute atomic E-state index is 10.8. The van der Waals surface area contributed by atoms with Crippen molar-refractivity contribution < 1.29 is 10.0 Å². The molecule has 0 spiro atoms. The highest BCUT2D eigenvalue weighted by atomic mass is 16.6. The highest BCUT2D eigenvalue weighted by Gasteiger charge is 2.09. The predicted molar refractivity (Wildman–Crippen MR) is 103 cm³/mol. The van der Waals surface area contributed by atoms with Gasteiger partial charge in [-0.1, -0.05) is 42.5 Å². The molecule has 0 fully saturated rings. The summed E-state index contributed by atoms with van der Waals surface area (Å²) in [6.07, 6.45) is 1.59. The number of fused-ring (bicyclic) bond motifs is 3. The molecule has 26 heavy (non-hydrogen) atoms. The van der Waals surface area contributed by atoms with Gasteiger partial charge in [0, 0.05) is 34.5 Å². The minimum atomic E-state index is -0.469. The van der Waals surface area contributed by atoms with Gasteiger partial charge in [-0.3, -0.25) is 10.1 Å². The lowest BCUT2D eigenvalue weighted by Gasteiger charge is -2.08. The van der Waals surface area contributed by atoms with Crippen molar-refractivity contribution in [3.63, 3.8) is 0 Å². The van der Waals surface area contributed by atoms with E-state index in [-0.39, 0.29) is 11.4 Å². The zero-order chi connectivity index (χ0) is 18.1. The number of non-ortho nitro benzene ring substituents is 1. The van der Waals surface area contributed by atoms with Gasteiger partial charge >= 0.3 is 0 Å². The van der Waals surface area contributed by atoms with Crippen LogP contribution < -0.4 is 0 Å². The summed E-state index contributed by atoms with van der Waals surface area (Å²) in [6, 6.07) is 21.5. The number of nitro benzene ring substituents is 1. The molecule has 0 unspecified atom stereocenters. The molecule has 0 saturated carbocycles. The molecular weight excluding hydrogens is 328 g/mol. The van der Waals surface area contributed by atoms with Gasteiger partial charge in [0.05, 0.1) is 16.1 Å². The van der Waals surface area contributed by atoms with Crippen molar-refractivity contribution in [1.82, 2.24) is 4.98 Å². The Morgan fingerprint density at radius 2 is 1.50 bits per heavy atom. The molecule has 0 radical (unpaired) electrons. The number of benzene rings is 3. The maximum Gasteiger partial charge on any atom is 0.269 e. The number of aromatic nitrogens is 1. The first-order valence-electron chi connectivity index (χ1n) is 8.06. The molecule has 5 heteroatoms. The Hall–Kier alpha value is -3.73. The summed E-state index contributed by atoms with van der Waals surface area (Å²) in [5.41, 5.74) is 1.97. The van der Waals surface area contributed by atoms with Crippen LogP contribution in [0.1, 0.15) is 11.3 Å². The van der Waals surface area contributed by atoms with E-state index >= 15 is 0 Å². The van der Waals surface area contributed by atoms with E-state index in [2.05, 4.69) is 4.98 Å². The average Bonchev–Trinajstić information content (AvgIpc) is 2.68. The molecule has 0 atom stereocenters. The number of nitro groups is 1. The van der Waals surface area contributed by atoms with Crippen molar-refractivity contribution in [2.24, 2.45) is 0 Å². The largest absolute Gasteiger partial charge is 0.507 e. The summed E-state index contributed by atoms with van der Waals surface area (Å²) < 4.78 is 0. The molecule has 0 aliphatic heterocycles. The molecule has 1 N–H and O–H groups in total. The molecule has 4 aromatic rings. The molecule has 1 aromatic heterocycles. The van der Waals surface area contributed by atoms with Crippen LogP contribution >= 0.6 is 0 Å². The van der Waals surface area contributed by atoms with Gasteiger partial charge in [-0.05, 0) is 23.6 Å². The summed E-state index contributed by atoms with van der Waals surface area (Å²) in [7, 11) is 0. The van der Waals surface area contributed by atoms with E-state index in [0.717, 1.165) is 21.7 Å². The Morgan fingerprint density at radius 3 is 2.19 bits per heavy atom. The van der Waals surface area contributed by atoms with Crippen LogP contribution in [0.2, 0.25) is 0 Å². The zero-order valence-electron chi connectivity index (χ0n) is 13.7. The fraction of sp³-hybridized carbons (Fsp3) is 0. The third-order valence-corrected chi connectivity index (χ3v) is 4.29. The number of para-hydroxylation sites is 1. The van der Waals surface area contributed by atoms with E-state index < -0.39 is 4.92 Å². The van der Waals surface area contributed by atoms with Crippen LogP contribution in [0.25, 0.3) is 33.5 Å². The van der Waals surface area contributed by atoms with Gasteiger partial charge in [-0.15, -0.1) is 0 Å². The van der Waals surface area contributed by atoms with Gasteiger partial charge in [0.15, 0.2) is 0 Å². The summed E-state index contributed by atoms with van der Waals surface area (Å²) in [5, 5.41) is 24.3. The van der Waals surface area contributed by atoms with Gasteiger partial charge in [0.25, 0.3) is 5.69 Å². The number of pyridine rings is 1. The highest BCUT2D eigenvalue weighted by Crippen LogP contribution is 2.28. The normalized spacial score (nSPS) is 11.8. The van der Waals surface area contributed by atoms with E-state index in [1.54, 1.807) is 6.08 Å². The van der Waals surface area contributed by atoms with Crippen LogP contribution in [-0.2, 0) is 0 Å². The fourth-order valence-corrected chi connectivity index (χ4v) is 3.01. The van der Waals surface area contributed by atoms with E-state index in [9.17, 15) is 15.2 Å². The summed E-state index contributed by atoms with van der Waals surface area (Å²) in [6.45, 7) is 0. The van der Waals surface area contributed by atoms with E-state index in [0.29, 0.717) is 11.3 Å². The van der Waals surface area contributed by atoms with Crippen LogP contribution in [0.15, 0.2) is 72.8 Å². The Labute approximate surface area is 149 Å². The van der Waals surface area contributed by atoms with E-state index in [1.165, 1.54) is 24.3 Å². The standard InChI is InChI=1S/C21H14N2O3/c24-21(14-9-11-15(12-10-14)23(25)26)13-20-18-7-2-1-5-16(18)17-6-3-4-8-19(17)22-20/h1-13,24H/b21-13-. The molecule has 0 saturated heterocycles. The third-order valence-electron chi connectivity index (χ3n) is 4.29. The van der Waals surface area contributed by atoms with Gasteiger partial charge in [-0.2, -0.15) is 0 Å². The summed E-state index contributed by atoms with van der Waals surface area (Å²) >= 11 is 0. The van der Waals surface area contributed by atoms with Crippen LogP contribution in [0.4, 0.5) is 5.69 Å². The number of nitrogens with zero attached hydrogens (tertiary/aromatic N) is 2. The lowest BCUT2D eigenvalue weighted by Crippen LogP contribution is -1.91. The van der Waals surface area contributed by atoms with Crippen molar-refractivity contribution >= 4 is 39.2 Å². The Kier molecular flexibility index (Phi) is 3.82. The van der Waals surface area contributed by atoms with Gasteiger partial charge in [-0.25, -0.2) is 4.98 Å². The second kappa shape index (κ2) is 6.29. The average molecular weight is 342 g/mol. The number of hydrogen-bond donors (Lipinski definition) is 1. The van der Waals surface area contributed by atoms with E-state index in [4.69, 9.17) is 0 Å². The van der Waals surface area contributed by atoms with Gasteiger partial charge < -0.3 is 5.11 Å². The topological polar surface area (TPSA) is 76.3 Å². The molecule has 0 aliphatic carbocycles. The quantitative estimate of drug-likeness (QED) is 0.235. The smallest absolute Gasteiger partial charge is 0.269 e. The van der Waals surface area contributed by atoms with Crippen LogP contribution in [0.5, 0.6) is 0 Å². The van der Waals surface area contributed by atoms with Crippen LogP contribution in [0, 0.1) is 10.1 Å². The monoisotopic (exact) mass is 342 g/mol. The Morgan fingerprint density at radius 1 is 0.885 bits per heavy atom. The SMILES string of the molecule is O=[N+]([O-])c1ccc(/C(O)=C/c2nc3ccccc3c3ccccc23)cc1. The minimum Gasteiger partial charge on any atom is -0.507 e. The van der Waals surface area contributed by atoms with Crippen molar-refractivity contribution in [3.05, 3.63) is 94.2 Å². The van der Waals surface area contributed by atoms with Crippen LogP contribution in [-0.4, -0.2) is 15.0 Å². The first kappa shape index (κ1) is 15.8. The fourth-order valence-electron chi connectivity index (χ4n) is 3.01. The molecule has 0 bridgehead atoms. The molecule has 126 valence electrons. The second-order valence-corrected chi connectivity index (χ2v) is 5.89. The van der Waals surface area contributed by atoms with Crippen molar-refractivity contribution in [1.29, 1.82) is 0 Å². The van der Waals surface area contributed by atoms with E-state index in [1.807, 2.05) is 48.5 Å². The minimum absolute atomic E-state index is 0.00725. The van der Waals surface area contributed by atoms with Crippen molar-refractivity contribution in [2.75, 3.05) is 0 Å².